The van der Waals surface area contributed by atoms with Crippen LogP contribution in [-0.4, -0.2) is 19.0 Å². The second-order valence-corrected chi connectivity index (χ2v) is 4.95. The van der Waals surface area contributed by atoms with Crippen molar-refractivity contribution in [3.63, 3.8) is 0 Å². The van der Waals surface area contributed by atoms with Crippen molar-refractivity contribution >= 4 is 40.5 Å². The van der Waals surface area contributed by atoms with Gasteiger partial charge in [0.1, 0.15) is 0 Å². The molecule has 1 saturated heterocycles. The molecule has 1 fully saturated rings. The van der Waals surface area contributed by atoms with E-state index in [9.17, 15) is 4.79 Å². The monoisotopic (exact) mass is 273 g/mol. The van der Waals surface area contributed by atoms with Gasteiger partial charge in [0.2, 0.25) is 5.91 Å². The summed E-state index contributed by atoms with van der Waals surface area (Å²) in [5.41, 5.74) is 12.2. The molecule has 0 radical (unpaired) electrons. The van der Waals surface area contributed by atoms with Gasteiger partial charge in [-0.1, -0.05) is 23.2 Å². The predicted octanol–water partition coefficient (Wildman–Crippen LogP) is 1.89. The van der Waals surface area contributed by atoms with Gasteiger partial charge in [-0.3, -0.25) is 4.79 Å². The Morgan fingerprint density at radius 2 is 2.06 bits per heavy atom. The van der Waals surface area contributed by atoms with Crippen molar-refractivity contribution in [2.45, 2.75) is 6.42 Å². The molecule has 4 nitrogen and oxygen atoms in total. The van der Waals surface area contributed by atoms with E-state index in [1.54, 1.807) is 17.0 Å². The fourth-order valence-corrected chi connectivity index (χ4v) is 2.36. The third-order valence-corrected chi connectivity index (χ3v) is 3.53. The summed E-state index contributed by atoms with van der Waals surface area (Å²) in [5.74, 6) is 0.193. The number of rotatable bonds is 2. The van der Waals surface area contributed by atoms with Gasteiger partial charge in [0.25, 0.3) is 0 Å². The summed E-state index contributed by atoms with van der Waals surface area (Å²) in [7, 11) is 0. The van der Waals surface area contributed by atoms with Crippen LogP contribution in [0.2, 0.25) is 10.0 Å². The maximum absolute atomic E-state index is 11.8. The SMILES string of the molecule is NCC1CC(=O)N(c2cc(Cl)c(N)cc2Cl)C1. The Balaban J connectivity index is 2.35. The summed E-state index contributed by atoms with van der Waals surface area (Å²) in [6.45, 7) is 1.07. The van der Waals surface area contributed by atoms with Gasteiger partial charge in [0.15, 0.2) is 0 Å². The summed E-state index contributed by atoms with van der Waals surface area (Å²) >= 11 is 12.0. The third kappa shape index (κ3) is 2.34. The molecule has 0 saturated carbocycles. The quantitative estimate of drug-likeness (QED) is 0.809. The molecule has 4 N–H and O–H groups in total. The standard InChI is InChI=1S/C11H13Cl2N3O/c12-7-3-10(8(13)2-9(7)15)16-5-6(4-14)1-11(16)17/h2-3,6H,1,4-5,14-15H2. The number of hydrogen-bond donors (Lipinski definition) is 2. The highest BCUT2D eigenvalue weighted by atomic mass is 35.5. The van der Waals surface area contributed by atoms with Crippen molar-refractivity contribution in [3.05, 3.63) is 22.2 Å². The first-order valence-corrected chi connectivity index (χ1v) is 6.03. The van der Waals surface area contributed by atoms with Crippen LogP contribution in [0.3, 0.4) is 0 Å². The van der Waals surface area contributed by atoms with E-state index in [2.05, 4.69) is 0 Å². The minimum Gasteiger partial charge on any atom is -0.397 e. The lowest BCUT2D eigenvalue weighted by atomic mass is 10.1. The first-order chi connectivity index (χ1) is 8.02. The van der Waals surface area contributed by atoms with E-state index in [-0.39, 0.29) is 11.8 Å². The van der Waals surface area contributed by atoms with E-state index in [1.165, 1.54) is 0 Å². The largest absolute Gasteiger partial charge is 0.397 e. The Hall–Kier alpha value is -0.970. The first kappa shape index (κ1) is 12.5. The number of hydrogen-bond acceptors (Lipinski definition) is 3. The summed E-state index contributed by atoms with van der Waals surface area (Å²) < 4.78 is 0. The molecule has 1 amide bonds. The topological polar surface area (TPSA) is 72.4 Å². The highest BCUT2D eigenvalue weighted by Crippen LogP contribution is 2.36. The molecule has 0 bridgehead atoms. The summed E-state index contributed by atoms with van der Waals surface area (Å²) in [5, 5.41) is 0.825. The van der Waals surface area contributed by atoms with Gasteiger partial charge in [-0.15, -0.1) is 0 Å². The molecule has 0 spiro atoms. The van der Waals surface area contributed by atoms with Crippen molar-refractivity contribution < 1.29 is 4.79 Å². The zero-order chi connectivity index (χ0) is 12.6. The van der Waals surface area contributed by atoms with Crippen LogP contribution in [0.25, 0.3) is 0 Å². The maximum atomic E-state index is 11.8. The van der Waals surface area contributed by atoms with Gasteiger partial charge in [-0.05, 0) is 24.6 Å². The van der Waals surface area contributed by atoms with Crippen LogP contribution in [0.15, 0.2) is 12.1 Å². The number of carbonyl (C=O) groups is 1. The number of nitrogens with zero attached hydrogens (tertiary/aromatic N) is 1. The van der Waals surface area contributed by atoms with Crippen molar-refractivity contribution in [1.82, 2.24) is 0 Å². The molecule has 2 rings (SSSR count). The van der Waals surface area contributed by atoms with Crippen molar-refractivity contribution in [2.75, 3.05) is 23.7 Å². The minimum atomic E-state index is 0.0168. The van der Waals surface area contributed by atoms with Crippen LogP contribution in [-0.2, 0) is 4.79 Å². The molecule has 6 heteroatoms. The summed E-state index contributed by atoms with van der Waals surface area (Å²) in [6, 6.07) is 3.18. The normalized spacial score (nSPS) is 20.1. The van der Waals surface area contributed by atoms with E-state index in [0.717, 1.165) is 0 Å². The lowest BCUT2D eigenvalue weighted by molar-refractivity contribution is -0.117. The second-order valence-electron chi connectivity index (χ2n) is 4.14. The van der Waals surface area contributed by atoms with Crippen LogP contribution >= 0.6 is 23.2 Å². The molecule has 1 unspecified atom stereocenters. The third-order valence-electron chi connectivity index (χ3n) is 2.90. The van der Waals surface area contributed by atoms with E-state index < -0.39 is 0 Å². The molecule has 92 valence electrons. The Morgan fingerprint density at radius 3 is 2.65 bits per heavy atom. The number of anilines is 2. The van der Waals surface area contributed by atoms with E-state index in [4.69, 9.17) is 34.7 Å². The predicted molar refractivity (Wildman–Crippen MR) is 70.4 cm³/mol. The average molecular weight is 274 g/mol. The summed E-state index contributed by atoms with van der Waals surface area (Å²) in [4.78, 5) is 13.4. The Kier molecular flexibility index (Phi) is 3.47. The molecule has 0 aromatic heterocycles. The molecule has 1 aliphatic heterocycles. The lowest BCUT2D eigenvalue weighted by Crippen LogP contribution is -2.26. The van der Waals surface area contributed by atoms with Crippen LogP contribution in [0.5, 0.6) is 0 Å². The van der Waals surface area contributed by atoms with Gasteiger partial charge >= 0.3 is 0 Å². The molecule has 1 aromatic carbocycles. The average Bonchev–Trinajstić information content (AvgIpc) is 2.65. The number of nitrogen functional groups attached to an aromatic ring is 1. The maximum Gasteiger partial charge on any atom is 0.227 e. The summed E-state index contributed by atoms with van der Waals surface area (Å²) in [6.07, 6.45) is 0.453. The van der Waals surface area contributed by atoms with E-state index in [1.807, 2.05) is 0 Å². The smallest absolute Gasteiger partial charge is 0.227 e. The highest BCUT2D eigenvalue weighted by Gasteiger charge is 2.31. The lowest BCUT2D eigenvalue weighted by Gasteiger charge is -2.19. The fraction of sp³-hybridized carbons (Fsp3) is 0.364. The fourth-order valence-electron chi connectivity index (χ4n) is 1.93. The van der Waals surface area contributed by atoms with Crippen molar-refractivity contribution in [1.29, 1.82) is 0 Å². The van der Waals surface area contributed by atoms with Crippen LogP contribution in [0.4, 0.5) is 11.4 Å². The van der Waals surface area contributed by atoms with Gasteiger partial charge in [-0.25, -0.2) is 0 Å². The number of amides is 1. The number of benzene rings is 1. The van der Waals surface area contributed by atoms with E-state index >= 15 is 0 Å². The van der Waals surface area contributed by atoms with Crippen LogP contribution < -0.4 is 16.4 Å². The number of halogens is 2. The molecule has 1 atom stereocenters. The molecule has 1 aromatic rings. The zero-order valence-corrected chi connectivity index (χ0v) is 10.6. The van der Waals surface area contributed by atoms with Gasteiger partial charge < -0.3 is 16.4 Å². The highest BCUT2D eigenvalue weighted by molar-refractivity contribution is 6.37. The Morgan fingerprint density at radius 1 is 1.35 bits per heavy atom. The minimum absolute atomic E-state index is 0.0168. The molecular formula is C11H13Cl2N3O. The number of nitrogens with two attached hydrogens (primary N) is 2. The molecule has 0 aliphatic carbocycles. The van der Waals surface area contributed by atoms with Crippen molar-refractivity contribution in [2.24, 2.45) is 11.7 Å². The molecule has 1 heterocycles. The number of carbonyl (C=O) groups excluding carboxylic acids is 1. The Bertz CT molecular complexity index is 464. The van der Waals surface area contributed by atoms with Crippen LogP contribution in [0, 0.1) is 5.92 Å². The van der Waals surface area contributed by atoms with Crippen LogP contribution in [0.1, 0.15) is 6.42 Å². The van der Waals surface area contributed by atoms with E-state index in [0.29, 0.717) is 40.9 Å². The second kappa shape index (κ2) is 4.72. The molecule has 1 aliphatic rings. The zero-order valence-electron chi connectivity index (χ0n) is 9.12. The first-order valence-electron chi connectivity index (χ1n) is 5.28. The van der Waals surface area contributed by atoms with Crippen molar-refractivity contribution in [3.8, 4) is 0 Å². The van der Waals surface area contributed by atoms with Gasteiger partial charge in [0, 0.05) is 13.0 Å². The van der Waals surface area contributed by atoms with Gasteiger partial charge in [0.05, 0.1) is 21.4 Å². The molecule has 17 heavy (non-hydrogen) atoms. The molecular weight excluding hydrogens is 261 g/mol. The van der Waals surface area contributed by atoms with Gasteiger partial charge in [-0.2, -0.15) is 0 Å². The Labute approximate surface area is 109 Å².